The molecule has 1 rings (SSSR count). The number of nitro groups is 2. The predicted molar refractivity (Wildman–Crippen MR) is 156 cm³/mol. The number of carbonyl (C=O) groups excluding carboxylic acids is 1. The average molecular weight is 540 g/mol. The molecule has 0 spiro atoms. The van der Waals surface area contributed by atoms with Crippen LogP contribution < -0.4 is 5.73 Å². The molecule has 8 nitrogen and oxygen atoms in total. The molecule has 1 aromatic rings. The first-order chi connectivity index (χ1) is 18.9. The van der Waals surface area contributed by atoms with Gasteiger partial charge in [-0.25, -0.2) is 0 Å². The molecule has 0 radical (unpaired) electrons. The molecule has 0 aromatic heterocycles. The van der Waals surface area contributed by atoms with Gasteiger partial charge in [-0.15, -0.1) is 0 Å². The fourth-order valence-electron chi connectivity index (χ4n) is 4.42. The third-order valence-corrected chi connectivity index (χ3v) is 6.70. The van der Waals surface area contributed by atoms with E-state index in [4.69, 9.17) is 5.73 Å². The third-order valence-electron chi connectivity index (χ3n) is 6.70. The fraction of sp³-hybridized carbons (Fsp3) is 0.645. The van der Waals surface area contributed by atoms with Gasteiger partial charge in [-0.2, -0.15) is 0 Å². The van der Waals surface area contributed by atoms with Gasteiger partial charge in [0.2, 0.25) is 0 Å². The lowest BCUT2D eigenvalue weighted by atomic mass is 9.97. The molecule has 0 saturated heterocycles. The summed E-state index contributed by atoms with van der Waals surface area (Å²) in [6.45, 7) is 2.24. The normalized spacial score (nSPS) is 11.1. The molecule has 0 amide bonds. The Morgan fingerprint density at radius 3 is 1.82 bits per heavy atom. The second-order valence-corrected chi connectivity index (χ2v) is 10.0. The number of nitrogens with two attached hydrogens (primary N) is 1. The largest absolute Gasteiger partial charge is 0.349 e. The molecule has 0 saturated carbocycles. The van der Waals surface area contributed by atoms with E-state index < -0.39 is 27.3 Å². The molecule has 0 fully saturated rings. The molecule has 0 bridgehead atoms. The number of rotatable bonds is 21. The molecule has 8 heteroatoms. The maximum absolute atomic E-state index is 12.4. The van der Waals surface area contributed by atoms with Crippen molar-refractivity contribution in [3.63, 3.8) is 0 Å². The lowest BCUT2D eigenvalue weighted by Crippen LogP contribution is -2.32. The number of unbranched alkanes of at least 4 members (excludes halogenated alkanes) is 14. The van der Waals surface area contributed by atoms with Crippen molar-refractivity contribution in [1.29, 1.82) is 0 Å². The van der Waals surface area contributed by atoms with E-state index in [1.165, 1.54) is 57.1 Å². The number of nitrogens with zero attached hydrogens (tertiary/aromatic N) is 2. The van der Waals surface area contributed by atoms with E-state index in [2.05, 4.69) is 30.6 Å². The van der Waals surface area contributed by atoms with Crippen LogP contribution in [0.2, 0.25) is 0 Å². The first-order valence-corrected chi connectivity index (χ1v) is 14.5. The number of benzene rings is 1. The van der Waals surface area contributed by atoms with Crippen LogP contribution in [0.1, 0.15) is 122 Å². The van der Waals surface area contributed by atoms with Gasteiger partial charge in [0.05, 0.1) is 15.9 Å². The summed E-state index contributed by atoms with van der Waals surface area (Å²) in [6.07, 6.45) is 18.2. The summed E-state index contributed by atoms with van der Waals surface area (Å²) in [6, 6.07) is 2.94. The van der Waals surface area contributed by atoms with Crippen molar-refractivity contribution < 1.29 is 14.6 Å². The van der Waals surface area contributed by atoms with Crippen molar-refractivity contribution in [2.75, 3.05) is 0 Å². The quantitative estimate of drug-likeness (QED) is 0.0741. The lowest BCUT2D eigenvalue weighted by Gasteiger charge is -2.11. The molecular weight excluding hydrogens is 494 g/mol. The molecule has 39 heavy (non-hydrogen) atoms. The SMILES string of the molecule is CCCCCCCCCC#CC#CCCCCCCCCCC(=O)C(N)Cc1cccc([N+](=O)[O-])c1[N+](=O)[O-]. The minimum atomic E-state index is -0.920. The highest BCUT2D eigenvalue weighted by Gasteiger charge is 2.29. The fourth-order valence-corrected chi connectivity index (χ4v) is 4.42. The summed E-state index contributed by atoms with van der Waals surface area (Å²) in [5.41, 5.74) is 4.89. The molecule has 0 heterocycles. The third kappa shape index (κ3) is 15.7. The molecule has 0 aliphatic carbocycles. The summed E-state index contributed by atoms with van der Waals surface area (Å²) >= 11 is 0. The monoisotopic (exact) mass is 539 g/mol. The van der Waals surface area contributed by atoms with Crippen LogP contribution in [-0.4, -0.2) is 21.7 Å². The lowest BCUT2D eigenvalue weighted by molar-refractivity contribution is -0.423. The zero-order chi connectivity index (χ0) is 28.7. The van der Waals surface area contributed by atoms with Gasteiger partial charge in [0.15, 0.2) is 0 Å². The highest BCUT2D eigenvalue weighted by Crippen LogP contribution is 2.31. The Kier molecular flexibility index (Phi) is 18.8. The first-order valence-electron chi connectivity index (χ1n) is 14.5. The van der Waals surface area contributed by atoms with E-state index in [1.807, 2.05) is 0 Å². The van der Waals surface area contributed by atoms with Gasteiger partial charge < -0.3 is 5.73 Å². The minimum Gasteiger partial charge on any atom is -0.321 e. The highest BCUT2D eigenvalue weighted by atomic mass is 16.6. The van der Waals surface area contributed by atoms with Crippen LogP contribution in [0.25, 0.3) is 0 Å². The summed E-state index contributed by atoms with van der Waals surface area (Å²) in [5.74, 6) is 12.0. The Bertz CT molecular complexity index is 1020. The van der Waals surface area contributed by atoms with Crippen LogP contribution in [0, 0.1) is 43.9 Å². The number of ketones is 1. The minimum absolute atomic E-state index is 0.0928. The van der Waals surface area contributed by atoms with Crippen LogP contribution in [0.3, 0.4) is 0 Å². The highest BCUT2D eigenvalue weighted by molar-refractivity contribution is 5.84. The standard InChI is InChI=1S/C31H45N3O5/c1-2-3-4-5-6-7-8-9-10-11-12-13-14-15-16-17-18-19-20-21-25-30(35)28(32)26-27-23-22-24-29(33(36)37)31(27)34(38)39/h22-24,28H,2-9,14-21,25-26,32H2,1H3. The Morgan fingerprint density at radius 2 is 1.31 bits per heavy atom. The van der Waals surface area contributed by atoms with Gasteiger partial charge in [-0.3, -0.25) is 25.0 Å². The van der Waals surface area contributed by atoms with Crippen LogP contribution >= 0.6 is 0 Å². The van der Waals surface area contributed by atoms with E-state index >= 15 is 0 Å². The van der Waals surface area contributed by atoms with E-state index in [0.717, 1.165) is 57.4 Å². The van der Waals surface area contributed by atoms with Crippen molar-refractivity contribution in [3.05, 3.63) is 44.0 Å². The van der Waals surface area contributed by atoms with Gasteiger partial charge in [0.25, 0.3) is 0 Å². The Morgan fingerprint density at radius 1 is 0.795 bits per heavy atom. The zero-order valence-electron chi connectivity index (χ0n) is 23.6. The maximum Gasteiger partial charge on any atom is 0.349 e. The van der Waals surface area contributed by atoms with Crippen molar-refractivity contribution >= 4 is 17.2 Å². The van der Waals surface area contributed by atoms with Gasteiger partial charge in [0, 0.05) is 37.3 Å². The molecular formula is C31H45N3O5. The number of carbonyl (C=O) groups is 1. The van der Waals surface area contributed by atoms with Crippen molar-refractivity contribution in [3.8, 4) is 23.7 Å². The molecule has 0 aliphatic heterocycles. The second-order valence-electron chi connectivity index (χ2n) is 10.0. The Labute approximate surface area is 233 Å². The topological polar surface area (TPSA) is 129 Å². The van der Waals surface area contributed by atoms with Crippen LogP contribution in [0.15, 0.2) is 18.2 Å². The van der Waals surface area contributed by atoms with Gasteiger partial charge in [0.1, 0.15) is 5.78 Å². The predicted octanol–water partition coefficient (Wildman–Crippen LogP) is 7.60. The van der Waals surface area contributed by atoms with E-state index in [0.29, 0.717) is 12.8 Å². The number of nitro benzene ring substituents is 2. The van der Waals surface area contributed by atoms with Gasteiger partial charge in [-0.1, -0.05) is 102 Å². The van der Waals surface area contributed by atoms with E-state index in [-0.39, 0.29) is 17.8 Å². The maximum atomic E-state index is 12.4. The van der Waals surface area contributed by atoms with Crippen molar-refractivity contribution in [2.24, 2.45) is 5.73 Å². The van der Waals surface area contributed by atoms with Gasteiger partial charge >= 0.3 is 11.4 Å². The number of hydrogen-bond donors (Lipinski definition) is 1. The zero-order valence-corrected chi connectivity index (χ0v) is 23.6. The van der Waals surface area contributed by atoms with Crippen LogP contribution in [0.4, 0.5) is 11.4 Å². The van der Waals surface area contributed by atoms with E-state index in [9.17, 15) is 25.0 Å². The van der Waals surface area contributed by atoms with E-state index in [1.54, 1.807) is 0 Å². The summed E-state index contributed by atoms with van der Waals surface area (Å²) in [4.78, 5) is 33.2. The second kappa shape index (κ2) is 21.7. The van der Waals surface area contributed by atoms with Gasteiger partial charge in [-0.05, 0) is 31.1 Å². The first kappa shape index (κ1) is 33.8. The summed E-state index contributed by atoms with van der Waals surface area (Å²) in [7, 11) is 0. The van der Waals surface area contributed by atoms with Crippen LogP contribution in [0.5, 0.6) is 0 Å². The Balaban J connectivity index is 2.10. The molecule has 1 atom stereocenters. The molecule has 1 unspecified atom stereocenters. The molecule has 1 aromatic carbocycles. The van der Waals surface area contributed by atoms with Crippen molar-refractivity contribution in [2.45, 2.75) is 129 Å². The van der Waals surface area contributed by atoms with Crippen molar-refractivity contribution in [1.82, 2.24) is 0 Å². The summed E-state index contributed by atoms with van der Waals surface area (Å²) in [5, 5.41) is 22.4. The molecule has 0 aliphatic rings. The number of para-hydroxylation sites is 1. The summed E-state index contributed by atoms with van der Waals surface area (Å²) < 4.78 is 0. The molecule has 214 valence electrons. The smallest absolute Gasteiger partial charge is 0.321 e. The number of hydrogen-bond acceptors (Lipinski definition) is 6. The Hall–Kier alpha value is -3.23. The van der Waals surface area contributed by atoms with Crippen LogP contribution in [-0.2, 0) is 11.2 Å². The average Bonchev–Trinajstić information content (AvgIpc) is 2.91. The molecule has 2 N–H and O–H groups in total. The number of Topliss-reactive ketones (excluding diaryl/α,β-unsaturated/α-hetero) is 1.